The van der Waals surface area contributed by atoms with Crippen molar-refractivity contribution in [1.82, 2.24) is 0 Å². The van der Waals surface area contributed by atoms with Crippen molar-refractivity contribution in [2.45, 2.75) is 102 Å². The molecule has 1 aliphatic heterocycles. The summed E-state index contributed by atoms with van der Waals surface area (Å²) >= 11 is 0. The average Bonchev–Trinajstić information content (AvgIpc) is 2.68. The van der Waals surface area contributed by atoms with Crippen LogP contribution in [0.3, 0.4) is 0 Å². The minimum atomic E-state index is -1.46. The van der Waals surface area contributed by atoms with Gasteiger partial charge in [-0.1, -0.05) is 64.7 Å². The quantitative estimate of drug-likeness (QED) is 0.182. The van der Waals surface area contributed by atoms with E-state index in [1.807, 2.05) is 0 Å². The maximum absolute atomic E-state index is 10.5. The van der Waals surface area contributed by atoms with Crippen LogP contribution in [0.15, 0.2) is 0 Å². The van der Waals surface area contributed by atoms with E-state index in [1.165, 1.54) is 44.9 Å². The number of carbonyl (C=O) groups is 1. The molecule has 0 aromatic rings. The Morgan fingerprint density at radius 3 is 2.00 bits per heavy atom. The molecule has 1 unspecified atom stereocenters. The van der Waals surface area contributed by atoms with Gasteiger partial charge < -0.3 is 39.4 Å². The Bertz CT molecular complexity index is 410. The molecular weight excluding hydrogens is 391 g/mol. The molecule has 0 spiro atoms. The smallest absolute Gasteiger partial charge is 0.548 e. The van der Waals surface area contributed by atoms with Crippen molar-refractivity contribution in [3.8, 4) is 0 Å². The number of carboxylic acids is 1. The first-order valence-electron chi connectivity index (χ1n) is 10.6. The molecule has 1 heterocycles. The summed E-state index contributed by atoms with van der Waals surface area (Å²) < 4.78 is 15.9. The van der Waals surface area contributed by atoms with Gasteiger partial charge in [0.15, 0.2) is 6.29 Å². The van der Waals surface area contributed by atoms with Crippen LogP contribution in [0.25, 0.3) is 0 Å². The Kier molecular flexibility index (Phi) is 18.0. The van der Waals surface area contributed by atoms with Gasteiger partial charge in [-0.05, 0) is 6.42 Å². The van der Waals surface area contributed by atoms with Gasteiger partial charge >= 0.3 is 29.6 Å². The van der Waals surface area contributed by atoms with Gasteiger partial charge in [0.1, 0.15) is 24.4 Å². The zero-order valence-corrected chi connectivity index (χ0v) is 20.0. The average molecular weight is 428 g/mol. The predicted molar refractivity (Wildman–Crippen MR) is 100 cm³/mol. The molecule has 0 aromatic carbocycles. The fourth-order valence-corrected chi connectivity index (χ4v) is 3.35. The molecule has 0 aliphatic carbocycles. The predicted octanol–water partition coefficient (Wildman–Crippen LogP) is -2.50. The SMILES string of the molecule is CCCCCCCCCCCCOC1O[C@H](CO)[C@@H](OCC(=O)[O-])[C@H](O)[C@H]1O.[Na+]. The summed E-state index contributed by atoms with van der Waals surface area (Å²) in [5.74, 6) is -1.46. The zero-order valence-electron chi connectivity index (χ0n) is 18.0. The minimum absolute atomic E-state index is 0. The summed E-state index contributed by atoms with van der Waals surface area (Å²) in [6.07, 6.45) is 5.87. The second-order valence-corrected chi connectivity index (χ2v) is 7.41. The molecule has 166 valence electrons. The largest absolute Gasteiger partial charge is 1.00 e. The summed E-state index contributed by atoms with van der Waals surface area (Å²) in [5.41, 5.74) is 0. The van der Waals surface area contributed by atoms with Gasteiger partial charge in [0.2, 0.25) is 0 Å². The zero-order chi connectivity index (χ0) is 20.8. The van der Waals surface area contributed by atoms with Crippen LogP contribution < -0.4 is 34.7 Å². The number of rotatable bonds is 16. The summed E-state index contributed by atoms with van der Waals surface area (Å²) in [6, 6.07) is 0. The topological polar surface area (TPSA) is 129 Å². The standard InChI is InChI=1S/C20H38O8.Na/c1-2-3-4-5-6-7-8-9-10-11-12-26-20-18(25)17(24)19(15(13-21)28-20)27-14-16(22)23;/h15,17-21,24-25H,2-14H2,1H3,(H,22,23);/q;+1/p-1/t15-,17-,18-,19-,20?;/m1./s1. The van der Waals surface area contributed by atoms with E-state index in [1.54, 1.807) is 0 Å². The Morgan fingerprint density at radius 1 is 0.931 bits per heavy atom. The number of carboxylic acid groups (broad SMARTS) is 1. The molecule has 0 saturated carbocycles. The van der Waals surface area contributed by atoms with E-state index >= 15 is 0 Å². The number of ether oxygens (including phenoxy) is 3. The molecule has 9 heteroatoms. The van der Waals surface area contributed by atoms with Crippen LogP contribution in [0.4, 0.5) is 0 Å². The molecule has 8 nitrogen and oxygen atoms in total. The summed E-state index contributed by atoms with van der Waals surface area (Å²) in [7, 11) is 0. The van der Waals surface area contributed by atoms with Crippen LogP contribution >= 0.6 is 0 Å². The Balaban J connectivity index is 0.00000784. The number of aliphatic hydroxyl groups excluding tert-OH is 3. The van der Waals surface area contributed by atoms with Gasteiger partial charge in [0.25, 0.3) is 0 Å². The first kappa shape index (κ1) is 29.2. The van der Waals surface area contributed by atoms with Gasteiger partial charge in [-0.2, -0.15) is 0 Å². The third-order valence-corrected chi connectivity index (χ3v) is 4.99. The molecule has 29 heavy (non-hydrogen) atoms. The molecule has 0 amide bonds. The van der Waals surface area contributed by atoms with Crippen LogP contribution in [0.1, 0.15) is 71.1 Å². The van der Waals surface area contributed by atoms with Crippen molar-refractivity contribution in [2.75, 3.05) is 19.8 Å². The second-order valence-electron chi connectivity index (χ2n) is 7.41. The molecule has 0 aromatic heterocycles. The van der Waals surface area contributed by atoms with Gasteiger partial charge in [-0.3, -0.25) is 0 Å². The molecule has 1 saturated heterocycles. The summed E-state index contributed by atoms with van der Waals surface area (Å²) in [5, 5.41) is 40.2. The van der Waals surface area contributed by atoms with E-state index in [2.05, 4.69) is 6.92 Å². The number of carbonyl (C=O) groups excluding carboxylic acids is 1. The number of aliphatic carboxylic acids is 1. The van der Waals surface area contributed by atoms with Gasteiger partial charge in [-0.15, -0.1) is 0 Å². The number of aliphatic hydroxyl groups is 3. The molecule has 0 bridgehead atoms. The maximum atomic E-state index is 10.5. The van der Waals surface area contributed by atoms with E-state index in [9.17, 15) is 25.2 Å². The first-order valence-corrected chi connectivity index (χ1v) is 10.6. The van der Waals surface area contributed by atoms with Crippen molar-refractivity contribution in [1.29, 1.82) is 0 Å². The Labute approximate surface area is 196 Å². The molecule has 3 N–H and O–H groups in total. The fourth-order valence-electron chi connectivity index (χ4n) is 3.35. The van der Waals surface area contributed by atoms with Crippen LogP contribution in [-0.2, 0) is 19.0 Å². The van der Waals surface area contributed by atoms with Crippen LogP contribution in [0.5, 0.6) is 0 Å². The third-order valence-electron chi connectivity index (χ3n) is 4.99. The molecular formula is C20H37NaO8. The van der Waals surface area contributed by atoms with E-state index < -0.39 is 49.9 Å². The molecule has 0 radical (unpaired) electrons. The third kappa shape index (κ3) is 12.0. The van der Waals surface area contributed by atoms with Crippen molar-refractivity contribution < 1.29 is 69.0 Å². The van der Waals surface area contributed by atoms with Crippen LogP contribution in [0, 0.1) is 0 Å². The first-order chi connectivity index (χ1) is 13.5. The summed E-state index contributed by atoms with van der Waals surface area (Å²) in [4.78, 5) is 10.5. The molecule has 5 atom stereocenters. The molecule has 1 fully saturated rings. The summed E-state index contributed by atoms with van der Waals surface area (Å²) in [6.45, 7) is 1.32. The maximum Gasteiger partial charge on any atom is 1.00 e. The van der Waals surface area contributed by atoms with Crippen LogP contribution in [0.2, 0.25) is 0 Å². The molecule has 1 aliphatic rings. The minimum Gasteiger partial charge on any atom is -0.548 e. The Hall–Kier alpha value is 0.230. The van der Waals surface area contributed by atoms with E-state index in [0.717, 1.165) is 19.3 Å². The fraction of sp³-hybridized carbons (Fsp3) is 0.950. The van der Waals surface area contributed by atoms with Gasteiger partial charge in [-0.25, -0.2) is 0 Å². The normalized spacial score (nSPS) is 26.8. The van der Waals surface area contributed by atoms with Crippen molar-refractivity contribution >= 4 is 5.97 Å². The van der Waals surface area contributed by atoms with Crippen LogP contribution in [-0.4, -0.2) is 71.8 Å². The monoisotopic (exact) mass is 428 g/mol. The van der Waals surface area contributed by atoms with Gasteiger partial charge in [0, 0.05) is 6.61 Å². The number of unbranched alkanes of at least 4 members (excludes halogenated alkanes) is 9. The van der Waals surface area contributed by atoms with Gasteiger partial charge in [0.05, 0.1) is 19.2 Å². The number of hydrogen-bond acceptors (Lipinski definition) is 8. The van der Waals surface area contributed by atoms with E-state index in [-0.39, 0.29) is 29.6 Å². The van der Waals surface area contributed by atoms with Crippen molar-refractivity contribution in [3.63, 3.8) is 0 Å². The van der Waals surface area contributed by atoms with Crippen molar-refractivity contribution in [3.05, 3.63) is 0 Å². The van der Waals surface area contributed by atoms with Crippen molar-refractivity contribution in [2.24, 2.45) is 0 Å². The van der Waals surface area contributed by atoms with E-state index in [4.69, 9.17) is 14.2 Å². The second kappa shape index (κ2) is 17.9. The van der Waals surface area contributed by atoms with E-state index in [0.29, 0.717) is 6.61 Å². The number of hydrogen-bond donors (Lipinski definition) is 3. The molecule has 1 rings (SSSR count). The Morgan fingerprint density at radius 2 is 1.48 bits per heavy atom.